The van der Waals surface area contributed by atoms with Crippen molar-refractivity contribution in [1.29, 1.82) is 0 Å². The zero-order valence-electron chi connectivity index (χ0n) is 20.1. The standard InChI is InChI=1S/C29H25N7O/c1-2-9-32-26(3-1)28-23-15-27(34-24(23)8-12-33-28)29-22-14-18(4-5-25(22)35-36-29)19-13-21(17-31-16-19)37-20-6-10-30-11-7-20/h1-5,8-9,12-17,20,30,34H,6-7,10-11H2,(H,35,36). The fraction of sp³-hybridized carbons (Fsp3) is 0.172. The summed E-state index contributed by atoms with van der Waals surface area (Å²) in [5.74, 6) is 0.807. The Morgan fingerprint density at radius 3 is 2.59 bits per heavy atom. The van der Waals surface area contributed by atoms with E-state index >= 15 is 0 Å². The largest absolute Gasteiger partial charge is 0.489 e. The lowest BCUT2D eigenvalue weighted by molar-refractivity contribution is 0.162. The molecule has 7 rings (SSSR count). The Hall–Kier alpha value is -4.56. The van der Waals surface area contributed by atoms with Crippen molar-refractivity contribution in [3.8, 4) is 39.7 Å². The lowest BCUT2D eigenvalue weighted by Crippen LogP contribution is -2.34. The quantitative estimate of drug-likeness (QED) is 0.302. The molecule has 0 radical (unpaired) electrons. The van der Waals surface area contributed by atoms with Crippen LogP contribution in [0.2, 0.25) is 0 Å². The fourth-order valence-corrected chi connectivity index (χ4v) is 5.03. The summed E-state index contributed by atoms with van der Waals surface area (Å²) in [4.78, 5) is 17.1. The highest BCUT2D eigenvalue weighted by molar-refractivity contribution is 6.00. The van der Waals surface area contributed by atoms with Crippen LogP contribution < -0.4 is 10.1 Å². The average Bonchev–Trinajstić information content (AvgIpc) is 3.58. The molecule has 0 bridgehead atoms. The molecular formula is C29H25N7O. The molecule has 6 aromatic rings. The summed E-state index contributed by atoms with van der Waals surface area (Å²) >= 11 is 0. The van der Waals surface area contributed by atoms with Crippen LogP contribution in [0.4, 0.5) is 0 Å². The number of aromatic nitrogens is 6. The highest BCUT2D eigenvalue weighted by atomic mass is 16.5. The molecular weight excluding hydrogens is 462 g/mol. The van der Waals surface area contributed by atoms with E-state index in [1.165, 1.54) is 0 Å². The van der Waals surface area contributed by atoms with E-state index in [4.69, 9.17) is 4.74 Å². The Morgan fingerprint density at radius 2 is 1.70 bits per heavy atom. The van der Waals surface area contributed by atoms with Crippen LogP contribution in [0.5, 0.6) is 5.75 Å². The first-order valence-corrected chi connectivity index (χ1v) is 12.5. The van der Waals surface area contributed by atoms with E-state index in [1.54, 1.807) is 18.6 Å². The molecule has 1 aliphatic heterocycles. The number of pyridine rings is 3. The normalized spacial score (nSPS) is 14.4. The molecule has 1 aromatic carbocycles. The van der Waals surface area contributed by atoms with Crippen molar-refractivity contribution in [2.24, 2.45) is 0 Å². The van der Waals surface area contributed by atoms with Crippen LogP contribution in [-0.4, -0.2) is 49.3 Å². The molecule has 182 valence electrons. The maximum Gasteiger partial charge on any atom is 0.138 e. The van der Waals surface area contributed by atoms with Crippen molar-refractivity contribution in [2.75, 3.05) is 13.1 Å². The lowest BCUT2D eigenvalue weighted by Gasteiger charge is -2.23. The van der Waals surface area contributed by atoms with Gasteiger partial charge in [0.2, 0.25) is 0 Å². The summed E-state index contributed by atoms with van der Waals surface area (Å²) in [6, 6.07) is 18.3. The number of ether oxygens (including phenoxy) is 1. The van der Waals surface area contributed by atoms with Crippen LogP contribution >= 0.6 is 0 Å². The second-order valence-corrected chi connectivity index (χ2v) is 9.33. The molecule has 1 fully saturated rings. The van der Waals surface area contributed by atoms with Crippen molar-refractivity contribution < 1.29 is 4.74 Å². The van der Waals surface area contributed by atoms with Gasteiger partial charge in [-0.05, 0) is 74.0 Å². The molecule has 0 atom stereocenters. The van der Waals surface area contributed by atoms with Gasteiger partial charge in [-0.2, -0.15) is 5.10 Å². The Kier molecular flexibility index (Phi) is 5.36. The number of benzene rings is 1. The number of piperidine rings is 1. The van der Waals surface area contributed by atoms with E-state index in [1.807, 2.05) is 30.5 Å². The van der Waals surface area contributed by atoms with Gasteiger partial charge in [0.15, 0.2) is 0 Å². The predicted octanol–water partition coefficient (Wildman–Crippen LogP) is 5.36. The summed E-state index contributed by atoms with van der Waals surface area (Å²) in [5.41, 5.74) is 7.49. The first kappa shape index (κ1) is 21.7. The number of nitrogens with one attached hydrogen (secondary N) is 3. The maximum atomic E-state index is 6.23. The molecule has 0 spiro atoms. The van der Waals surface area contributed by atoms with E-state index in [9.17, 15) is 0 Å². The summed E-state index contributed by atoms with van der Waals surface area (Å²) in [6.45, 7) is 1.98. The van der Waals surface area contributed by atoms with Crippen LogP contribution in [0.15, 0.2) is 79.4 Å². The minimum absolute atomic E-state index is 0.230. The molecule has 0 amide bonds. The Bertz CT molecular complexity index is 1700. The van der Waals surface area contributed by atoms with Crippen LogP contribution in [0.1, 0.15) is 12.8 Å². The number of nitrogens with zero attached hydrogens (tertiary/aromatic N) is 4. The third-order valence-electron chi connectivity index (χ3n) is 6.91. The number of H-pyrrole nitrogens is 2. The number of hydrogen-bond acceptors (Lipinski definition) is 6. The van der Waals surface area contributed by atoms with Gasteiger partial charge in [-0.3, -0.25) is 20.1 Å². The zero-order valence-corrected chi connectivity index (χ0v) is 20.1. The van der Waals surface area contributed by atoms with E-state index in [-0.39, 0.29) is 6.10 Å². The van der Waals surface area contributed by atoms with Crippen molar-refractivity contribution in [1.82, 2.24) is 35.5 Å². The van der Waals surface area contributed by atoms with Gasteiger partial charge >= 0.3 is 0 Å². The number of fused-ring (bicyclic) bond motifs is 2. The molecule has 6 heterocycles. The van der Waals surface area contributed by atoms with Crippen molar-refractivity contribution in [2.45, 2.75) is 18.9 Å². The second kappa shape index (κ2) is 9.15. The molecule has 3 N–H and O–H groups in total. The fourth-order valence-electron chi connectivity index (χ4n) is 5.03. The molecule has 37 heavy (non-hydrogen) atoms. The molecule has 5 aromatic heterocycles. The monoisotopic (exact) mass is 487 g/mol. The summed E-state index contributed by atoms with van der Waals surface area (Å²) in [6.07, 6.45) is 9.52. The van der Waals surface area contributed by atoms with Gasteiger partial charge in [-0.1, -0.05) is 12.1 Å². The smallest absolute Gasteiger partial charge is 0.138 e. The summed E-state index contributed by atoms with van der Waals surface area (Å²) < 4.78 is 6.23. The third kappa shape index (κ3) is 4.11. The molecule has 8 heteroatoms. The van der Waals surface area contributed by atoms with Gasteiger partial charge < -0.3 is 15.0 Å². The van der Waals surface area contributed by atoms with E-state index in [2.05, 4.69) is 65.8 Å². The van der Waals surface area contributed by atoms with Crippen LogP contribution in [-0.2, 0) is 0 Å². The second-order valence-electron chi connectivity index (χ2n) is 9.33. The van der Waals surface area contributed by atoms with Crippen LogP contribution in [0, 0.1) is 0 Å². The predicted molar refractivity (Wildman–Crippen MR) is 144 cm³/mol. The Morgan fingerprint density at radius 1 is 0.784 bits per heavy atom. The molecule has 0 saturated carbocycles. The Balaban J connectivity index is 1.26. The van der Waals surface area contributed by atoms with Crippen LogP contribution in [0.25, 0.3) is 55.7 Å². The molecule has 1 aliphatic rings. The van der Waals surface area contributed by atoms with E-state index in [0.29, 0.717) is 0 Å². The molecule has 8 nitrogen and oxygen atoms in total. The minimum Gasteiger partial charge on any atom is -0.489 e. The van der Waals surface area contributed by atoms with Gasteiger partial charge in [0, 0.05) is 40.4 Å². The van der Waals surface area contributed by atoms with Gasteiger partial charge in [-0.15, -0.1) is 0 Å². The lowest BCUT2D eigenvalue weighted by atomic mass is 10.0. The Labute approximate surface area is 213 Å². The summed E-state index contributed by atoms with van der Waals surface area (Å²) in [7, 11) is 0. The van der Waals surface area contributed by atoms with Gasteiger partial charge in [0.1, 0.15) is 17.5 Å². The molecule has 0 aliphatic carbocycles. The highest BCUT2D eigenvalue weighted by Gasteiger charge is 2.17. The average molecular weight is 488 g/mol. The van der Waals surface area contributed by atoms with E-state index < -0.39 is 0 Å². The van der Waals surface area contributed by atoms with Crippen molar-refractivity contribution >= 4 is 21.8 Å². The number of hydrogen-bond donors (Lipinski definition) is 3. The molecule has 1 saturated heterocycles. The van der Waals surface area contributed by atoms with Gasteiger partial charge in [0.25, 0.3) is 0 Å². The first-order valence-electron chi connectivity index (χ1n) is 12.5. The highest BCUT2D eigenvalue weighted by Crippen LogP contribution is 2.34. The van der Waals surface area contributed by atoms with E-state index in [0.717, 1.165) is 87.4 Å². The SMILES string of the molecule is c1ccc(-c2nccc3[nH]c(-c4n[nH]c5ccc(-c6cncc(OC7CCNCC7)c6)cc45)cc23)nc1. The zero-order chi connectivity index (χ0) is 24.6. The number of aromatic amines is 2. The minimum atomic E-state index is 0.230. The number of rotatable bonds is 5. The first-order chi connectivity index (χ1) is 18.3. The van der Waals surface area contributed by atoms with Gasteiger partial charge in [0.05, 0.1) is 28.8 Å². The molecule has 0 unspecified atom stereocenters. The summed E-state index contributed by atoms with van der Waals surface area (Å²) in [5, 5.41) is 13.2. The van der Waals surface area contributed by atoms with Gasteiger partial charge in [-0.25, -0.2) is 0 Å². The van der Waals surface area contributed by atoms with Crippen molar-refractivity contribution in [3.05, 3.63) is 79.4 Å². The van der Waals surface area contributed by atoms with Crippen LogP contribution in [0.3, 0.4) is 0 Å². The van der Waals surface area contributed by atoms with Crippen molar-refractivity contribution in [3.63, 3.8) is 0 Å². The maximum absolute atomic E-state index is 6.23. The topological polar surface area (TPSA) is 104 Å². The third-order valence-corrected chi connectivity index (χ3v) is 6.91.